The monoisotopic (exact) mass is 242 g/mol. The topological polar surface area (TPSA) is 40.5 Å². The summed E-state index contributed by atoms with van der Waals surface area (Å²) in [6.45, 7) is 1.86. The molecule has 0 aliphatic rings. The first-order valence-electron chi connectivity index (χ1n) is 6.16. The fraction of sp³-hybridized carbons (Fsp3) is 0.250. The highest BCUT2D eigenvalue weighted by molar-refractivity contribution is 5.22. The summed E-state index contributed by atoms with van der Waals surface area (Å²) >= 11 is 0. The van der Waals surface area contributed by atoms with Crippen molar-refractivity contribution >= 4 is 0 Å². The molecular formula is C16H18O2. The second-order valence-electron chi connectivity index (χ2n) is 4.57. The van der Waals surface area contributed by atoms with Gasteiger partial charge in [0, 0.05) is 5.92 Å². The molecule has 2 atom stereocenters. The van der Waals surface area contributed by atoms with Gasteiger partial charge >= 0.3 is 0 Å². The fourth-order valence-electron chi connectivity index (χ4n) is 2.08. The number of rotatable bonds is 4. The summed E-state index contributed by atoms with van der Waals surface area (Å²) in [7, 11) is 0. The van der Waals surface area contributed by atoms with E-state index < -0.39 is 12.2 Å². The van der Waals surface area contributed by atoms with Crippen molar-refractivity contribution in [3.63, 3.8) is 0 Å². The van der Waals surface area contributed by atoms with Crippen molar-refractivity contribution in [2.24, 2.45) is 5.92 Å². The van der Waals surface area contributed by atoms with E-state index in [-0.39, 0.29) is 5.92 Å². The Kier molecular flexibility index (Phi) is 4.13. The summed E-state index contributed by atoms with van der Waals surface area (Å²) in [5, 5.41) is 20.5. The van der Waals surface area contributed by atoms with E-state index in [2.05, 4.69) is 0 Å². The summed E-state index contributed by atoms with van der Waals surface area (Å²) in [5.74, 6) is -0.255. The number of hydrogen-bond donors (Lipinski definition) is 2. The summed E-state index contributed by atoms with van der Waals surface area (Å²) in [4.78, 5) is 0. The second kappa shape index (κ2) is 5.80. The Balaban J connectivity index is 2.14. The molecule has 0 fully saturated rings. The molecule has 0 spiro atoms. The lowest BCUT2D eigenvalue weighted by atomic mass is 9.89. The van der Waals surface area contributed by atoms with Crippen molar-refractivity contribution in [1.82, 2.24) is 0 Å². The van der Waals surface area contributed by atoms with E-state index >= 15 is 0 Å². The third-order valence-corrected chi connectivity index (χ3v) is 3.28. The molecule has 0 heterocycles. The summed E-state index contributed by atoms with van der Waals surface area (Å²) in [6, 6.07) is 18.9. The van der Waals surface area contributed by atoms with Gasteiger partial charge in [-0.1, -0.05) is 67.6 Å². The van der Waals surface area contributed by atoms with Gasteiger partial charge in [-0.3, -0.25) is 0 Å². The molecule has 2 aromatic rings. The molecule has 2 aromatic carbocycles. The third kappa shape index (κ3) is 2.78. The van der Waals surface area contributed by atoms with Gasteiger partial charge in [-0.25, -0.2) is 0 Å². The van der Waals surface area contributed by atoms with Gasteiger partial charge in [0.05, 0.1) is 12.2 Å². The fourth-order valence-corrected chi connectivity index (χ4v) is 2.08. The summed E-state index contributed by atoms with van der Waals surface area (Å²) < 4.78 is 0. The van der Waals surface area contributed by atoms with Crippen LogP contribution in [-0.4, -0.2) is 10.2 Å². The maximum absolute atomic E-state index is 10.3. The van der Waals surface area contributed by atoms with Crippen molar-refractivity contribution < 1.29 is 10.2 Å². The van der Waals surface area contributed by atoms with E-state index in [4.69, 9.17) is 0 Å². The predicted octanol–water partition coefficient (Wildman–Crippen LogP) is 3.09. The maximum atomic E-state index is 10.3. The summed E-state index contributed by atoms with van der Waals surface area (Å²) in [5.41, 5.74) is 1.67. The molecule has 18 heavy (non-hydrogen) atoms. The van der Waals surface area contributed by atoms with Gasteiger partial charge in [0.15, 0.2) is 0 Å². The van der Waals surface area contributed by atoms with Gasteiger partial charge < -0.3 is 10.2 Å². The van der Waals surface area contributed by atoms with Crippen LogP contribution in [0.1, 0.15) is 30.3 Å². The first-order chi connectivity index (χ1) is 8.70. The molecule has 2 heteroatoms. The Hall–Kier alpha value is -1.64. The molecule has 0 radical (unpaired) electrons. The number of aliphatic hydroxyl groups is 2. The second-order valence-corrected chi connectivity index (χ2v) is 4.57. The molecule has 94 valence electrons. The van der Waals surface area contributed by atoms with Gasteiger partial charge in [-0.15, -0.1) is 0 Å². The Morgan fingerprint density at radius 3 is 1.33 bits per heavy atom. The predicted molar refractivity (Wildman–Crippen MR) is 72.0 cm³/mol. The van der Waals surface area contributed by atoms with Gasteiger partial charge in [0.25, 0.3) is 0 Å². The van der Waals surface area contributed by atoms with Crippen molar-refractivity contribution in [3.05, 3.63) is 71.8 Å². The number of benzene rings is 2. The molecule has 2 rings (SSSR count). The molecule has 2 nitrogen and oxygen atoms in total. The van der Waals surface area contributed by atoms with E-state index in [1.165, 1.54) is 0 Å². The molecule has 0 saturated heterocycles. The van der Waals surface area contributed by atoms with Crippen LogP contribution in [0, 0.1) is 5.92 Å². The van der Waals surface area contributed by atoms with Crippen LogP contribution < -0.4 is 0 Å². The number of aliphatic hydroxyl groups excluding tert-OH is 2. The molecule has 0 amide bonds. The molecular weight excluding hydrogens is 224 g/mol. The maximum Gasteiger partial charge on any atom is 0.0843 e. The van der Waals surface area contributed by atoms with E-state index in [0.717, 1.165) is 11.1 Å². The van der Waals surface area contributed by atoms with Crippen molar-refractivity contribution in [3.8, 4) is 0 Å². The Labute approximate surface area is 108 Å². The van der Waals surface area contributed by atoms with Crippen molar-refractivity contribution in [1.29, 1.82) is 0 Å². The lowest BCUT2D eigenvalue weighted by Gasteiger charge is -2.24. The van der Waals surface area contributed by atoms with Crippen molar-refractivity contribution in [2.75, 3.05) is 0 Å². The molecule has 0 aromatic heterocycles. The van der Waals surface area contributed by atoms with E-state index in [1.54, 1.807) is 0 Å². The van der Waals surface area contributed by atoms with Crippen LogP contribution in [0.15, 0.2) is 60.7 Å². The van der Waals surface area contributed by atoms with Crippen LogP contribution in [-0.2, 0) is 0 Å². The molecule has 2 N–H and O–H groups in total. The van der Waals surface area contributed by atoms with E-state index in [0.29, 0.717) is 0 Å². The first-order valence-corrected chi connectivity index (χ1v) is 6.16. The average molecular weight is 242 g/mol. The van der Waals surface area contributed by atoms with E-state index in [1.807, 2.05) is 67.6 Å². The van der Waals surface area contributed by atoms with Crippen LogP contribution >= 0.6 is 0 Å². The largest absolute Gasteiger partial charge is 0.388 e. The van der Waals surface area contributed by atoms with E-state index in [9.17, 15) is 10.2 Å². The highest BCUT2D eigenvalue weighted by Crippen LogP contribution is 2.32. The van der Waals surface area contributed by atoms with Crippen LogP contribution in [0.5, 0.6) is 0 Å². The lowest BCUT2D eigenvalue weighted by molar-refractivity contribution is 0.0199. The Morgan fingerprint density at radius 1 is 0.667 bits per heavy atom. The third-order valence-electron chi connectivity index (χ3n) is 3.28. The van der Waals surface area contributed by atoms with Crippen LogP contribution in [0.3, 0.4) is 0 Å². The highest BCUT2D eigenvalue weighted by Gasteiger charge is 2.24. The zero-order valence-corrected chi connectivity index (χ0v) is 10.4. The quantitative estimate of drug-likeness (QED) is 0.865. The zero-order valence-electron chi connectivity index (χ0n) is 10.4. The molecule has 0 aliphatic heterocycles. The standard InChI is InChI=1S/C16H18O2/c1-12(15(17)13-8-4-2-5-9-13)16(18)14-10-6-3-7-11-14/h2-12,15-18H,1H3/t15-,16-/m1/s1. The van der Waals surface area contributed by atoms with Gasteiger partial charge in [-0.2, -0.15) is 0 Å². The first kappa shape index (κ1) is 12.8. The van der Waals surface area contributed by atoms with Gasteiger partial charge in [0.1, 0.15) is 0 Å². The van der Waals surface area contributed by atoms with Gasteiger partial charge in [-0.05, 0) is 11.1 Å². The minimum atomic E-state index is -0.665. The SMILES string of the molecule is CC([C@@H](O)c1ccccc1)[C@@H](O)c1ccccc1. The molecule has 0 aliphatic carbocycles. The Morgan fingerprint density at radius 2 is 1.00 bits per heavy atom. The number of hydrogen-bond acceptors (Lipinski definition) is 2. The van der Waals surface area contributed by atoms with Gasteiger partial charge in [0.2, 0.25) is 0 Å². The smallest absolute Gasteiger partial charge is 0.0843 e. The van der Waals surface area contributed by atoms with Crippen molar-refractivity contribution in [2.45, 2.75) is 19.1 Å². The Bertz CT molecular complexity index is 421. The van der Waals surface area contributed by atoms with Crippen LogP contribution in [0.4, 0.5) is 0 Å². The van der Waals surface area contributed by atoms with Crippen LogP contribution in [0.2, 0.25) is 0 Å². The minimum absolute atomic E-state index is 0.255. The normalized spacial score (nSPS) is 14.4. The zero-order chi connectivity index (χ0) is 13.0. The molecule has 0 bridgehead atoms. The minimum Gasteiger partial charge on any atom is -0.388 e. The molecule has 0 unspecified atom stereocenters. The molecule has 0 saturated carbocycles. The highest BCUT2D eigenvalue weighted by atomic mass is 16.3. The lowest BCUT2D eigenvalue weighted by Crippen LogP contribution is -2.17. The summed E-state index contributed by atoms with van der Waals surface area (Å²) in [6.07, 6.45) is -1.33. The average Bonchev–Trinajstić information content (AvgIpc) is 2.47. The van der Waals surface area contributed by atoms with Crippen LogP contribution in [0.25, 0.3) is 0 Å².